The Bertz CT molecular complexity index is 1770. The highest BCUT2D eigenvalue weighted by atomic mass is 31.2. The third kappa shape index (κ3) is 63.2. The molecule has 3 N–H and O–H groups in total. The second kappa shape index (κ2) is 59.8. The molecule has 0 spiro atoms. The first-order valence-electron chi connectivity index (χ1n) is 36.2. The molecule has 0 rings (SSSR count). The van der Waals surface area contributed by atoms with Crippen LogP contribution in [-0.2, 0) is 65.4 Å². The Balaban J connectivity index is 5.22. The lowest BCUT2D eigenvalue weighted by Gasteiger charge is -2.21. The topological polar surface area (TPSA) is 237 Å². The molecule has 89 heavy (non-hydrogen) atoms. The van der Waals surface area contributed by atoms with Crippen LogP contribution in [0.15, 0.2) is 0 Å². The van der Waals surface area contributed by atoms with E-state index < -0.39 is 97.5 Å². The van der Waals surface area contributed by atoms with E-state index in [-0.39, 0.29) is 25.7 Å². The van der Waals surface area contributed by atoms with E-state index >= 15 is 0 Å². The number of rotatable bonds is 67. The lowest BCUT2D eigenvalue weighted by Crippen LogP contribution is -2.30. The number of aliphatic hydroxyl groups excluding tert-OH is 1. The van der Waals surface area contributed by atoms with Crippen molar-refractivity contribution < 1.29 is 80.2 Å². The van der Waals surface area contributed by atoms with Crippen molar-refractivity contribution in [1.29, 1.82) is 0 Å². The summed E-state index contributed by atoms with van der Waals surface area (Å²) in [5.74, 6) is 0.825. The summed E-state index contributed by atoms with van der Waals surface area (Å²) in [4.78, 5) is 72.5. The van der Waals surface area contributed by atoms with Gasteiger partial charge in [0.05, 0.1) is 26.4 Å². The number of phosphoric acid groups is 2. The largest absolute Gasteiger partial charge is 0.472 e. The zero-order valence-corrected chi connectivity index (χ0v) is 59.8. The highest BCUT2D eigenvalue weighted by molar-refractivity contribution is 7.47. The Labute approximate surface area is 543 Å². The number of ether oxygens (including phenoxy) is 4. The number of hydrogen-bond donors (Lipinski definition) is 3. The van der Waals surface area contributed by atoms with Gasteiger partial charge in [-0.1, -0.05) is 293 Å². The maximum absolute atomic E-state index is 13.0. The quantitative estimate of drug-likeness (QED) is 0.0222. The summed E-state index contributed by atoms with van der Waals surface area (Å²) >= 11 is 0. The Morgan fingerprint density at radius 2 is 0.539 bits per heavy atom. The Morgan fingerprint density at radius 1 is 0.315 bits per heavy atom. The van der Waals surface area contributed by atoms with Crippen molar-refractivity contribution in [2.24, 2.45) is 23.7 Å². The Kier molecular flexibility index (Phi) is 58.5. The Hall–Kier alpha value is -1.94. The fourth-order valence-electron chi connectivity index (χ4n) is 10.5. The van der Waals surface area contributed by atoms with Crippen molar-refractivity contribution >= 4 is 39.5 Å². The molecule has 528 valence electrons. The first-order valence-corrected chi connectivity index (χ1v) is 39.2. The minimum Gasteiger partial charge on any atom is -0.462 e. The number of carbonyl (C=O) groups excluding carboxylic acids is 4. The van der Waals surface area contributed by atoms with Crippen LogP contribution in [0.5, 0.6) is 0 Å². The SMILES string of the molecule is CCC(C)CCCCCCCCC(=O)O[C@H](COC(=O)CCCCCCCCCCCCCCC(C)C)COP(=O)(O)OC[C@@H](O)COP(=O)(O)OC[C@@H](COC(=O)CCCCCCCCC(C)C)OC(=O)CCCCCCCCCCCCCCC(C)C. The second-order valence-corrected chi connectivity index (χ2v) is 29.8. The van der Waals surface area contributed by atoms with Crippen LogP contribution in [0.4, 0.5) is 0 Å². The van der Waals surface area contributed by atoms with E-state index in [1.807, 2.05) is 0 Å². The number of aliphatic hydroxyl groups is 1. The van der Waals surface area contributed by atoms with Gasteiger partial charge in [0, 0.05) is 25.7 Å². The fraction of sp³-hybridized carbons (Fsp3) is 0.943. The van der Waals surface area contributed by atoms with Crippen molar-refractivity contribution in [3.05, 3.63) is 0 Å². The van der Waals surface area contributed by atoms with Gasteiger partial charge in [-0.05, 0) is 49.4 Å². The number of phosphoric ester groups is 2. The molecule has 0 aromatic rings. The van der Waals surface area contributed by atoms with Crippen molar-refractivity contribution in [2.45, 2.75) is 363 Å². The van der Waals surface area contributed by atoms with Crippen LogP contribution >= 0.6 is 15.6 Å². The number of unbranched alkanes of at least 4 members (excludes halogenated alkanes) is 32. The number of hydrogen-bond acceptors (Lipinski definition) is 15. The zero-order chi connectivity index (χ0) is 66.1. The molecule has 0 aliphatic rings. The lowest BCUT2D eigenvalue weighted by molar-refractivity contribution is -0.161. The van der Waals surface area contributed by atoms with Crippen molar-refractivity contribution in [3.63, 3.8) is 0 Å². The smallest absolute Gasteiger partial charge is 0.462 e. The van der Waals surface area contributed by atoms with E-state index in [0.717, 1.165) is 114 Å². The Morgan fingerprint density at radius 3 is 0.798 bits per heavy atom. The van der Waals surface area contributed by atoms with Gasteiger partial charge >= 0.3 is 39.5 Å². The highest BCUT2D eigenvalue weighted by Crippen LogP contribution is 2.45. The summed E-state index contributed by atoms with van der Waals surface area (Å²) < 4.78 is 68.2. The first-order chi connectivity index (χ1) is 42.6. The molecule has 0 fully saturated rings. The van der Waals surface area contributed by atoms with Gasteiger partial charge in [-0.3, -0.25) is 37.3 Å². The number of esters is 4. The van der Waals surface area contributed by atoms with Crippen molar-refractivity contribution in [2.75, 3.05) is 39.6 Å². The van der Waals surface area contributed by atoms with Gasteiger partial charge in [0.1, 0.15) is 19.3 Å². The van der Waals surface area contributed by atoms with E-state index in [1.165, 1.54) is 141 Å². The average molecular weight is 1310 g/mol. The molecule has 19 heteroatoms. The number of carbonyl (C=O) groups is 4. The zero-order valence-electron chi connectivity index (χ0n) is 58.1. The minimum absolute atomic E-state index is 0.102. The van der Waals surface area contributed by atoms with Crippen LogP contribution in [0.3, 0.4) is 0 Å². The second-order valence-electron chi connectivity index (χ2n) is 26.9. The highest BCUT2D eigenvalue weighted by Gasteiger charge is 2.30. The van der Waals surface area contributed by atoms with E-state index in [1.54, 1.807) is 0 Å². The third-order valence-electron chi connectivity index (χ3n) is 16.4. The van der Waals surface area contributed by atoms with Crippen LogP contribution in [0.2, 0.25) is 0 Å². The van der Waals surface area contributed by atoms with Gasteiger partial charge in [-0.25, -0.2) is 9.13 Å². The first kappa shape index (κ1) is 87.1. The van der Waals surface area contributed by atoms with Gasteiger partial charge in [0.2, 0.25) is 0 Å². The third-order valence-corrected chi connectivity index (χ3v) is 18.3. The maximum Gasteiger partial charge on any atom is 0.472 e. The van der Waals surface area contributed by atoms with Crippen LogP contribution in [0, 0.1) is 23.7 Å². The fourth-order valence-corrected chi connectivity index (χ4v) is 12.0. The molecule has 17 nitrogen and oxygen atoms in total. The predicted octanol–water partition coefficient (Wildman–Crippen LogP) is 19.7. The van der Waals surface area contributed by atoms with Gasteiger partial charge in [0.25, 0.3) is 0 Å². The standard InChI is InChI=1S/C70H136O17P2/c1-9-63(8)49-41-33-27-29-37-45-53-70(75)87-66(56-80-67(72)50-42-34-24-20-16-12-10-14-18-22-30-38-46-60(2)3)59-85-89(78,79)83-55-64(71)54-82-88(76,77)84-58-65(57-81-68(73)51-43-35-28-26-32-40-48-62(6)7)86-69(74)52-44-36-25-21-17-13-11-15-19-23-31-39-47-61(4)5/h60-66,71H,9-59H2,1-8H3,(H,76,77)(H,78,79)/t63?,64-,65+,66+/m0/s1. The van der Waals surface area contributed by atoms with Gasteiger partial charge in [-0.2, -0.15) is 0 Å². The molecular weight excluding hydrogens is 1170 g/mol. The van der Waals surface area contributed by atoms with Crippen LogP contribution < -0.4 is 0 Å². The van der Waals surface area contributed by atoms with Gasteiger partial charge in [0.15, 0.2) is 12.2 Å². The molecule has 3 unspecified atom stereocenters. The summed E-state index contributed by atoms with van der Waals surface area (Å²) in [6.45, 7) is 14.0. The summed E-state index contributed by atoms with van der Waals surface area (Å²) in [5, 5.41) is 10.6. The molecule has 0 aliphatic heterocycles. The molecule has 0 amide bonds. The maximum atomic E-state index is 13.0. The van der Waals surface area contributed by atoms with Crippen LogP contribution in [0.25, 0.3) is 0 Å². The molecule has 0 radical (unpaired) electrons. The molecule has 0 aliphatic carbocycles. The van der Waals surface area contributed by atoms with E-state index in [2.05, 4.69) is 55.4 Å². The van der Waals surface area contributed by atoms with Crippen molar-refractivity contribution in [1.82, 2.24) is 0 Å². The molecule has 0 saturated heterocycles. The molecular formula is C70H136O17P2. The summed E-state index contributed by atoms with van der Waals surface area (Å²) in [6.07, 6.45) is 41.9. The molecule has 0 saturated carbocycles. The normalized spacial score (nSPS) is 14.6. The molecule has 0 aromatic carbocycles. The van der Waals surface area contributed by atoms with E-state index in [4.69, 9.17) is 37.0 Å². The summed E-state index contributed by atoms with van der Waals surface area (Å²) in [7, 11) is -9.90. The molecule has 0 heterocycles. The van der Waals surface area contributed by atoms with Gasteiger partial charge < -0.3 is 33.8 Å². The van der Waals surface area contributed by atoms with Crippen molar-refractivity contribution in [3.8, 4) is 0 Å². The van der Waals surface area contributed by atoms with Crippen LogP contribution in [0.1, 0.15) is 344 Å². The van der Waals surface area contributed by atoms with Gasteiger partial charge in [-0.15, -0.1) is 0 Å². The monoisotopic (exact) mass is 1310 g/mol. The molecule has 6 atom stereocenters. The predicted molar refractivity (Wildman–Crippen MR) is 358 cm³/mol. The lowest BCUT2D eigenvalue weighted by atomic mass is 10.00. The minimum atomic E-state index is -4.95. The molecule has 0 bridgehead atoms. The summed E-state index contributed by atoms with van der Waals surface area (Å²) in [6, 6.07) is 0. The van der Waals surface area contributed by atoms with E-state index in [0.29, 0.717) is 31.6 Å². The van der Waals surface area contributed by atoms with E-state index in [9.17, 15) is 43.2 Å². The average Bonchev–Trinajstić information content (AvgIpc) is 3.64. The summed E-state index contributed by atoms with van der Waals surface area (Å²) in [5.41, 5.74) is 0. The van der Waals surface area contributed by atoms with Crippen LogP contribution in [-0.4, -0.2) is 96.7 Å². The molecule has 0 aromatic heterocycles.